The summed E-state index contributed by atoms with van der Waals surface area (Å²) in [5, 5.41) is 0. The van der Waals surface area contributed by atoms with E-state index in [1.807, 2.05) is 18.7 Å². The van der Waals surface area contributed by atoms with Crippen LogP contribution in [0.1, 0.15) is 47.0 Å². The molecule has 12 heavy (non-hydrogen) atoms. The molecule has 0 aromatic rings. The van der Waals surface area contributed by atoms with Crippen molar-refractivity contribution in [3.05, 3.63) is 0 Å². The van der Waals surface area contributed by atoms with Crippen molar-refractivity contribution in [2.45, 2.75) is 53.0 Å². The van der Waals surface area contributed by atoms with Crippen molar-refractivity contribution in [2.75, 3.05) is 6.54 Å². The first-order valence-electron chi connectivity index (χ1n) is 4.96. The van der Waals surface area contributed by atoms with Crippen molar-refractivity contribution in [3.63, 3.8) is 0 Å². The van der Waals surface area contributed by atoms with E-state index in [2.05, 4.69) is 13.8 Å². The van der Waals surface area contributed by atoms with Crippen LogP contribution in [0.4, 0.5) is 0 Å². The van der Waals surface area contributed by atoms with Gasteiger partial charge in [0.05, 0.1) is 0 Å². The third-order valence-electron chi connectivity index (χ3n) is 2.25. The topological polar surface area (TPSA) is 20.3 Å². The summed E-state index contributed by atoms with van der Waals surface area (Å²) < 4.78 is 0. The zero-order valence-electron chi connectivity index (χ0n) is 8.76. The molecule has 1 atom stereocenters. The maximum atomic E-state index is 11.5. The molecule has 0 aliphatic rings. The highest BCUT2D eigenvalue weighted by Crippen LogP contribution is 2.06. The minimum Gasteiger partial charge on any atom is -0.340 e. The Morgan fingerprint density at radius 2 is 1.92 bits per heavy atom. The fourth-order valence-electron chi connectivity index (χ4n) is 1.31. The fraction of sp³-hybridized carbons (Fsp3) is 0.900. The van der Waals surface area contributed by atoms with Gasteiger partial charge in [0, 0.05) is 19.0 Å². The minimum absolute atomic E-state index is 0.300. The van der Waals surface area contributed by atoms with Gasteiger partial charge in [-0.2, -0.15) is 0 Å². The Hall–Kier alpha value is -0.530. The summed E-state index contributed by atoms with van der Waals surface area (Å²) >= 11 is 0. The van der Waals surface area contributed by atoms with Gasteiger partial charge in [0.25, 0.3) is 0 Å². The molecule has 0 radical (unpaired) electrons. The molecule has 0 aliphatic carbocycles. The van der Waals surface area contributed by atoms with E-state index in [0.717, 1.165) is 19.4 Å². The predicted molar refractivity (Wildman–Crippen MR) is 52.0 cm³/mol. The summed E-state index contributed by atoms with van der Waals surface area (Å²) in [6, 6.07) is 0.397. The molecule has 0 saturated heterocycles. The molecule has 0 aromatic carbocycles. The zero-order valence-corrected chi connectivity index (χ0v) is 8.76. The van der Waals surface area contributed by atoms with Gasteiger partial charge in [0.2, 0.25) is 5.91 Å². The Balaban J connectivity index is 4.04. The highest BCUT2D eigenvalue weighted by Gasteiger charge is 2.15. The lowest BCUT2D eigenvalue weighted by Crippen LogP contribution is -2.37. The van der Waals surface area contributed by atoms with Gasteiger partial charge < -0.3 is 4.90 Å². The molecule has 1 amide bonds. The summed E-state index contributed by atoms with van der Waals surface area (Å²) in [7, 11) is 0. The van der Waals surface area contributed by atoms with Crippen LogP contribution in [0.15, 0.2) is 0 Å². The highest BCUT2D eigenvalue weighted by molar-refractivity contribution is 5.76. The molecular weight excluding hydrogens is 150 g/mol. The summed E-state index contributed by atoms with van der Waals surface area (Å²) in [5.41, 5.74) is 0. The lowest BCUT2D eigenvalue weighted by Gasteiger charge is -2.27. The van der Waals surface area contributed by atoms with Crippen LogP contribution in [0, 0.1) is 0 Å². The second-order valence-corrected chi connectivity index (χ2v) is 3.19. The largest absolute Gasteiger partial charge is 0.340 e. The quantitative estimate of drug-likeness (QED) is 0.622. The molecular formula is C10H21NO. The van der Waals surface area contributed by atoms with Crippen LogP contribution < -0.4 is 0 Å². The van der Waals surface area contributed by atoms with Crippen LogP contribution >= 0.6 is 0 Å². The van der Waals surface area contributed by atoms with Gasteiger partial charge in [-0.05, 0) is 26.7 Å². The van der Waals surface area contributed by atoms with Gasteiger partial charge in [0.15, 0.2) is 0 Å². The first kappa shape index (κ1) is 11.5. The molecule has 72 valence electrons. The van der Waals surface area contributed by atoms with Crippen molar-refractivity contribution in [1.82, 2.24) is 4.90 Å². The molecule has 0 spiro atoms. The molecule has 0 saturated carbocycles. The van der Waals surface area contributed by atoms with Crippen molar-refractivity contribution in [2.24, 2.45) is 0 Å². The summed E-state index contributed by atoms with van der Waals surface area (Å²) in [4.78, 5) is 13.5. The van der Waals surface area contributed by atoms with Crippen molar-refractivity contribution in [1.29, 1.82) is 0 Å². The third kappa shape index (κ3) is 3.24. The lowest BCUT2D eigenvalue weighted by atomic mass is 10.2. The van der Waals surface area contributed by atoms with E-state index in [-0.39, 0.29) is 0 Å². The maximum Gasteiger partial charge on any atom is 0.222 e. The van der Waals surface area contributed by atoms with Crippen LogP contribution in [0.2, 0.25) is 0 Å². The highest BCUT2D eigenvalue weighted by atomic mass is 16.2. The molecule has 1 unspecified atom stereocenters. The van der Waals surface area contributed by atoms with E-state index in [0.29, 0.717) is 18.4 Å². The molecule has 0 aromatic heterocycles. The average Bonchev–Trinajstić information content (AvgIpc) is 2.06. The van der Waals surface area contributed by atoms with E-state index in [4.69, 9.17) is 0 Å². The average molecular weight is 171 g/mol. The van der Waals surface area contributed by atoms with Gasteiger partial charge in [0.1, 0.15) is 0 Å². The molecule has 0 rings (SSSR count). The van der Waals surface area contributed by atoms with Crippen molar-refractivity contribution < 1.29 is 4.79 Å². The monoisotopic (exact) mass is 171 g/mol. The van der Waals surface area contributed by atoms with Gasteiger partial charge >= 0.3 is 0 Å². The second kappa shape index (κ2) is 6.04. The van der Waals surface area contributed by atoms with Gasteiger partial charge in [-0.3, -0.25) is 4.79 Å². The van der Waals surface area contributed by atoms with Crippen molar-refractivity contribution in [3.8, 4) is 0 Å². The normalized spacial score (nSPS) is 12.7. The van der Waals surface area contributed by atoms with Crippen LogP contribution in [-0.2, 0) is 4.79 Å². The summed E-state index contributed by atoms with van der Waals surface area (Å²) in [5.74, 6) is 0.300. The Bertz CT molecular complexity index is 134. The molecule has 0 bridgehead atoms. The molecule has 0 fully saturated rings. The molecule has 0 N–H and O–H groups in total. The Kier molecular flexibility index (Phi) is 5.77. The second-order valence-electron chi connectivity index (χ2n) is 3.19. The van der Waals surface area contributed by atoms with Crippen LogP contribution in [0.3, 0.4) is 0 Å². The number of amides is 1. The SMILES string of the molecule is CCCC(=O)N(CC)C(C)CC. The first-order valence-corrected chi connectivity index (χ1v) is 4.96. The Morgan fingerprint density at radius 1 is 1.33 bits per heavy atom. The Morgan fingerprint density at radius 3 is 2.25 bits per heavy atom. The van der Waals surface area contributed by atoms with E-state index < -0.39 is 0 Å². The molecule has 2 nitrogen and oxygen atoms in total. The standard InChI is InChI=1S/C10H21NO/c1-5-8-10(12)11(7-3)9(4)6-2/h9H,5-8H2,1-4H3. The van der Waals surface area contributed by atoms with Gasteiger partial charge in [-0.1, -0.05) is 13.8 Å². The van der Waals surface area contributed by atoms with Crippen LogP contribution in [0.5, 0.6) is 0 Å². The molecule has 2 heteroatoms. The van der Waals surface area contributed by atoms with E-state index in [9.17, 15) is 4.79 Å². The summed E-state index contributed by atoms with van der Waals surface area (Å²) in [6.45, 7) is 9.15. The van der Waals surface area contributed by atoms with Crippen LogP contribution in [-0.4, -0.2) is 23.4 Å². The summed E-state index contributed by atoms with van der Waals surface area (Å²) in [6.07, 6.45) is 2.69. The lowest BCUT2D eigenvalue weighted by molar-refractivity contribution is -0.133. The number of hydrogen-bond acceptors (Lipinski definition) is 1. The third-order valence-corrected chi connectivity index (χ3v) is 2.25. The van der Waals surface area contributed by atoms with E-state index >= 15 is 0 Å². The number of rotatable bonds is 5. The Labute approximate surface area is 75.9 Å². The van der Waals surface area contributed by atoms with E-state index in [1.165, 1.54) is 0 Å². The zero-order chi connectivity index (χ0) is 9.56. The number of hydrogen-bond donors (Lipinski definition) is 0. The fourth-order valence-corrected chi connectivity index (χ4v) is 1.31. The minimum atomic E-state index is 0.300. The van der Waals surface area contributed by atoms with Gasteiger partial charge in [-0.25, -0.2) is 0 Å². The van der Waals surface area contributed by atoms with Crippen LogP contribution in [0.25, 0.3) is 0 Å². The molecule has 0 aliphatic heterocycles. The first-order chi connectivity index (χ1) is 5.67. The maximum absolute atomic E-state index is 11.5. The smallest absolute Gasteiger partial charge is 0.222 e. The number of carbonyl (C=O) groups excluding carboxylic acids is 1. The van der Waals surface area contributed by atoms with Gasteiger partial charge in [-0.15, -0.1) is 0 Å². The van der Waals surface area contributed by atoms with Crippen molar-refractivity contribution >= 4 is 5.91 Å². The predicted octanol–water partition coefficient (Wildman–Crippen LogP) is 2.43. The van der Waals surface area contributed by atoms with E-state index in [1.54, 1.807) is 0 Å². The molecule has 0 heterocycles. The number of nitrogens with zero attached hydrogens (tertiary/aromatic N) is 1. The number of carbonyl (C=O) groups is 1.